The van der Waals surface area contributed by atoms with Crippen molar-refractivity contribution in [3.8, 4) is 0 Å². The Hall–Kier alpha value is -4.72. The van der Waals surface area contributed by atoms with Gasteiger partial charge in [-0.05, 0) is 48.5 Å². The first kappa shape index (κ1) is 45.3. The van der Waals surface area contributed by atoms with Crippen LogP contribution in [0.4, 0.5) is 23.8 Å². The average molecular weight is 913 g/mol. The van der Waals surface area contributed by atoms with Crippen molar-refractivity contribution in [2.45, 2.75) is 13.1 Å². The molecule has 0 saturated carbocycles. The summed E-state index contributed by atoms with van der Waals surface area (Å²) in [4.78, 5) is 29.2. The predicted octanol–water partition coefficient (Wildman–Crippen LogP) is 8.98. The summed E-state index contributed by atoms with van der Waals surface area (Å²) in [7, 11) is 15.7. The second-order valence-corrected chi connectivity index (χ2v) is 19.9. The maximum atomic E-state index is 5.67. The molecule has 4 aromatic heterocycles. The van der Waals surface area contributed by atoms with E-state index >= 15 is 0 Å². The van der Waals surface area contributed by atoms with Crippen LogP contribution in [0.25, 0.3) is 44.1 Å². The second kappa shape index (κ2) is 23.6. The van der Waals surface area contributed by atoms with Crippen molar-refractivity contribution in [2.75, 3.05) is 111 Å². The van der Waals surface area contributed by atoms with Crippen LogP contribution < -0.4 is 20.4 Å². The maximum absolute atomic E-state index is 5.67. The molecular formula is C44H56N12O2S4. The number of anilines is 4. The number of aryl methyl sites for hydroxylation is 2. The Morgan fingerprint density at radius 2 is 0.871 bits per heavy atom. The number of imidazole rings is 4. The van der Waals surface area contributed by atoms with E-state index in [1.165, 1.54) is 11.0 Å². The van der Waals surface area contributed by atoms with Gasteiger partial charge in [0, 0.05) is 77.4 Å². The van der Waals surface area contributed by atoms with Gasteiger partial charge in [-0.25, -0.2) is 19.9 Å². The Balaban J connectivity index is 0.000000187. The highest BCUT2D eigenvalue weighted by Gasteiger charge is 2.14. The van der Waals surface area contributed by atoms with Gasteiger partial charge in [-0.3, -0.25) is 0 Å². The number of hydrogen-bond acceptors (Lipinski definition) is 14. The monoisotopic (exact) mass is 912 g/mol. The van der Waals surface area contributed by atoms with Crippen molar-refractivity contribution in [2.24, 2.45) is 0 Å². The number of aromatic amines is 2. The zero-order valence-electron chi connectivity index (χ0n) is 35.8. The summed E-state index contributed by atoms with van der Waals surface area (Å²) < 4.78 is 16.0. The fourth-order valence-corrected chi connectivity index (χ4v) is 10.3. The minimum absolute atomic E-state index is 0.656. The Bertz CT molecular complexity index is 2330. The fraction of sp³-hybridized carbons (Fsp3) is 0.364. The minimum atomic E-state index is 0.656. The van der Waals surface area contributed by atoms with Crippen LogP contribution >= 0.6 is 43.2 Å². The van der Waals surface area contributed by atoms with E-state index < -0.39 is 0 Å². The molecule has 8 aromatic rings. The number of nitrogens with one attached hydrogen (secondary N) is 4. The van der Waals surface area contributed by atoms with E-state index in [1.54, 1.807) is 0 Å². The molecule has 0 spiro atoms. The first-order valence-electron chi connectivity index (χ1n) is 20.7. The van der Waals surface area contributed by atoms with Crippen LogP contribution in [0.15, 0.2) is 97.1 Å². The molecule has 0 fully saturated rings. The molecule has 18 heteroatoms. The van der Waals surface area contributed by atoms with Gasteiger partial charge in [-0.15, -0.1) is 0 Å². The third-order valence-electron chi connectivity index (χ3n) is 9.51. The first-order chi connectivity index (χ1) is 30.4. The van der Waals surface area contributed by atoms with E-state index in [1.807, 2.05) is 104 Å². The van der Waals surface area contributed by atoms with Gasteiger partial charge in [0.25, 0.3) is 0 Å². The summed E-state index contributed by atoms with van der Waals surface area (Å²) in [6.07, 6.45) is 0. The van der Waals surface area contributed by atoms with Gasteiger partial charge in [-0.1, -0.05) is 91.7 Å². The second-order valence-electron chi connectivity index (χ2n) is 14.5. The Labute approximate surface area is 378 Å². The number of nitrogens with zero attached hydrogens (tertiary/aromatic N) is 8. The molecule has 0 unspecified atom stereocenters. The topological polar surface area (TPSA) is 142 Å². The number of ether oxygens (including phenoxy) is 2. The number of aromatic nitrogens is 8. The predicted molar refractivity (Wildman–Crippen MR) is 269 cm³/mol. The van der Waals surface area contributed by atoms with Gasteiger partial charge in [0.1, 0.15) is 0 Å². The van der Waals surface area contributed by atoms with Crippen LogP contribution in [-0.2, 0) is 22.6 Å². The lowest BCUT2D eigenvalue weighted by Gasteiger charge is -2.15. The van der Waals surface area contributed by atoms with Crippen LogP contribution in [-0.4, -0.2) is 130 Å². The van der Waals surface area contributed by atoms with Gasteiger partial charge < -0.3 is 49.0 Å². The Morgan fingerprint density at radius 3 is 1.29 bits per heavy atom. The van der Waals surface area contributed by atoms with Crippen LogP contribution in [0.5, 0.6) is 0 Å². The van der Waals surface area contributed by atoms with E-state index in [-0.39, 0.29) is 0 Å². The molecule has 0 aliphatic carbocycles. The molecule has 0 radical (unpaired) electrons. The SMILES string of the molecule is CN(C)c1nc2ccccc2n1CCSSCCn1c(N(C)C)nc2ccccc21.c1ccc2[nH]c(NCCOCCSSCCOCCNc3nc4ccccc4[nH]3)nc2c1. The molecule has 0 atom stereocenters. The minimum Gasteiger partial charge on any atom is -0.379 e. The zero-order chi connectivity index (χ0) is 42.9. The highest BCUT2D eigenvalue weighted by Crippen LogP contribution is 2.28. The number of H-pyrrole nitrogens is 2. The summed E-state index contributed by atoms with van der Waals surface area (Å²) in [5, 5.41) is 6.51. The fourth-order valence-electron chi connectivity index (χ4n) is 6.69. The van der Waals surface area contributed by atoms with Crippen molar-refractivity contribution in [1.82, 2.24) is 39.0 Å². The van der Waals surface area contributed by atoms with E-state index in [9.17, 15) is 0 Å². The molecular weight excluding hydrogens is 857 g/mol. The van der Waals surface area contributed by atoms with Crippen LogP contribution in [0, 0.1) is 0 Å². The summed E-state index contributed by atoms with van der Waals surface area (Å²) in [6.45, 7) is 6.14. The standard InChI is InChI=1S/C22H28N6O2S2.C22H28N6S2/c1-2-6-18-17(5-1)25-21(26-18)23-9-11-29-13-15-31-32-16-14-30-12-10-24-22-27-19-7-3-4-8-20(19)28-22;1-25(2)21-23-17-9-5-7-11-19(17)27(21)13-15-29-30-16-14-28-20-12-8-6-10-18(20)24-22(28)26(3)4/h1-8H,9-16H2,(H2,23,25,26)(H2,24,27,28);5-12H,13-16H2,1-4H3. The number of fused-ring (bicyclic) bond motifs is 4. The molecule has 4 N–H and O–H groups in total. The van der Waals surface area contributed by atoms with Crippen molar-refractivity contribution >= 4 is 111 Å². The van der Waals surface area contributed by atoms with E-state index in [0.29, 0.717) is 13.2 Å². The zero-order valence-corrected chi connectivity index (χ0v) is 39.0. The lowest BCUT2D eigenvalue weighted by molar-refractivity contribution is 0.160. The number of benzene rings is 4. The van der Waals surface area contributed by atoms with Crippen molar-refractivity contribution in [1.29, 1.82) is 0 Å². The molecule has 4 aromatic carbocycles. The highest BCUT2D eigenvalue weighted by atomic mass is 33.1. The number of para-hydroxylation sites is 8. The van der Waals surface area contributed by atoms with Crippen LogP contribution in [0.1, 0.15) is 0 Å². The van der Waals surface area contributed by atoms with Gasteiger partial charge >= 0.3 is 0 Å². The van der Waals surface area contributed by atoms with Gasteiger partial charge in [-0.2, -0.15) is 0 Å². The Kier molecular flexibility index (Phi) is 17.3. The van der Waals surface area contributed by atoms with Gasteiger partial charge in [0.05, 0.1) is 70.6 Å². The molecule has 0 bridgehead atoms. The van der Waals surface area contributed by atoms with E-state index in [4.69, 9.17) is 19.4 Å². The summed E-state index contributed by atoms with van der Waals surface area (Å²) in [5.41, 5.74) is 8.53. The van der Waals surface area contributed by atoms with Crippen LogP contribution in [0.2, 0.25) is 0 Å². The third-order valence-corrected chi connectivity index (χ3v) is 14.2. The van der Waals surface area contributed by atoms with Crippen molar-refractivity contribution in [3.63, 3.8) is 0 Å². The lowest BCUT2D eigenvalue weighted by Crippen LogP contribution is -2.16. The first-order valence-corrected chi connectivity index (χ1v) is 25.7. The van der Waals surface area contributed by atoms with Gasteiger partial charge in [0.2, 0.25) is 23.8 Å². The molecule has 328 valence electrons. The molecule has 0 saturated heterocycles. The normalized spacial score (nSPS) is 11.4. The average Bonchev–Trinajstić information content (AvgIpc) is 4.08. The van der Waals surface area contributed by atoms with E-state index in [0.717, 1.165) is 119 Å². The molecule has 14 nitrogen and oxygen atoms in total. The molecule has 0 aliphatic rings. The molecule has 0 amide bonds. The number of rotatable bonds is 24. The van der Waals surface area contributed by atoms with Crippen molar-refractivity contribution in [3.05, 3.63) is 97.1 Å². The maximum Gasteiger partial charge on any atom is 0.206 e. The molecule has 8 rings (SSSR count). The number of hydrogen-bond donors (Lipinski definition) is 4. The summed E-state index contributed by atoms with van der Waals surface area (Å²) in [6, 6.07) is 32.7. The Morgan fingerprint density at radius 1 is 0.484 bits per heavy atom. The van der Waals surface area contributed by atoms with Crippen molar-refractivity contribution < 1.29 is 9.47 Å². The summed E-state index contributed by atoms with van der Waals surface area (Å²) in [5.74, 6) is 7.60. The van der Waals surface area contributed by atoms with Gasteiger partial charge in [0.15, 0.2) is 0 Å². The quantitative estimate of drug-likeness (QED) is 0.0339. The largest absolute Gasteiger partial charge is 0.379 e. The third kappa shape index (κ3) is 12.7. The highest BCUT2D eigenvalue weighted by molar-refractivity contribution is 8.77. The molecule has 0 aliphatic heterocycles. The van der Waals surface area contributed by atoms with E-state index in [2.05, 4.69) is 114 Å². The molecule has 4 heterocycles. The molecule has 62 heavy (non-hydrogen) atoms. The lowest BCUT2D eigenvalue weighted by atomic mass is 10.3. The summed E-state index contributed by atoms with van der Waals surface area (Å²) >= 11 is 0. The smallest absolute Gasteiger partial charge is 0.206 e. The van der Waals surface area contributed by atoms with Crippen LogP contribution in [0.3, 0.4) is 0 Å².